The van der Waals surface area contributed by atoms with Gasteiger partial charge in [0, 0.05) is 18.3 Å². The zero-order valence-electron chi connectivity index (χ0n) is 23.0. The van der Waals surface area contributed by atoms with Gasteiger partial charge in [-0.3, -0.25) is 4.79 Å². The van der Waals surface area contributed by atoms with Crippen molar-refractivity contribution >= 4 is 22.7 Å². The average Bonchev–Trinajstić information content (AvgIpc) is 3.20. The van der Waals surface area contributed by atoms with Crippen LogP contribution in [0.4, 0.5) is 11.6 Å². The molecule has 4 rings (SSSR count). The van der Waals surface area contributed by atoms with Crippen LogP contribution in [0.1, 0.15) is 51.6 Å². The minimum Gasteiger partial charge on any atom is -0.465 e. The molecule has 1 atom stereocenters. The van der Waals surface area contributed by atoms with E-state index in [4.69, 9.17) is 10.5 Å². The van der Waals surface area contributed by atoms with E-state index in [9.17, 15) is 15.0 Å². The van der Waals surface area contributed by atoms with E-state index in [1.807, 2.05) is 0 Å². The molecule has 11 nitrogen and oxygen atoms in total. The summed E-state index contributed by atoms with van der Waals surface area (Å²) in [6.07, 6.45) is 6.70. The second-order valence-corrected chi connectivity index (χ2v) is 10.1. The number of rotatable bonds is 14. The summed E-state index contributed by atoms with van der Waals surface area (Å²) in [5.74, 6) is 1.25. The summed E-state index contributed by atoms with van der Waals surface area (Å²) in [6, 6.07) is 12.3. The number of anilines is 2. The van der Waals surface area contributed by atoms with E-state index < -0.39 is 11.9 Å². The van der Waals surface area contributed by atoms with Crippen LogP contribution in [0.15, 0.2) is 66.1 Å². The number of hydrogen-bond donors (Lipinski definition) is 4. The number of nitrogens with one attached hydrogen (secondary N) is 1. The molecule has 11 heteroatoms. The summed E-state index contributed by atoms with van der Waals surface area (Å²) in [6.45, 7) is 7.99. The molecule has 0 saturated carbocycles. The van der Waals surface area contributed by atoms with Gasteiger partial charge < -0.3 is 26.0 Å². The molecule has 5 N–H and O–H groups in total. The van der Waals surface area contributed by atoms with Crippen LogP contribution < -0.4 is 21.3 Å². The van der Waals surface area contributed by atoms with Crippen molar-refractivity contribution in [1.82, 2.24) is 24.3 Å². The first-order valence-electron chi connectivity index (χ1n) is 13.4. The highest BCUT2D eigenvalue weighted by molar-refractivity contribution is 5.77. The Bertz CT molecular complexity index is 1490. The molecule has 4 aromatic rings. The van der Waals surface area contributed by atoms with Crippen molar-refractivity contribution < 1.29 is 14.9 Å². The largest absolute Gasteiger partial charge is 0.465 e. The molecule has 0 bridgehead atoms. The predicted octanol–water partition coefficient (Wildman–Crippen LogP) is 3.74. The Kier molecular flexibility index (Phi) is 9.30. The van der Waals surface area contributed by atoms with Crippen LogP contribution in [0, 0.1) is 0 Å². The third-order valence-electron chi connectivity index (χ3n) is 6.34. The number of aliphatic hydroxyl groups is 2. The maximum absolute atomic E-state index is 13.2. The molecule has 1 aromatic carbocycles. The number of unbranched alkanes of at least 4 members (excludes halogenated alkanes) is 3. The lowest BCUT2D eigenvalue weighted by Gasteiger charge is -2.18. The molecule has 0 spiro atoms. The Hall–Kier alpha value is -4.06. The lowest BCUT2D eigenvalue weighted by molar-refractivity contribution is -0.0246. The monoisotopic (exact) mass is 547 g/mol. The van der Waals surface area contributed by atoms with Gasteiger partial charge in [0.1, 0.15) is 16.7 Å². The summed E-state index contributed by atoms with van der Waals surface area (Å²) in [7, 11) is 0. The molecule has 3 heterocycles. The molecule has 1 unspecified atom stereocenters. The Morgan fingerprint density at radius 2 is 1.88 bits per heavy atom. The normalized spacial score (nSPS) is 12.4. The van der Waals surface area contributed by atoms with E-state index in [0.717, 1.165) is 25.7 Å². The highest BCUT2D eigenvalue weighted by Crippen LogP contribution is 2.23. The lowest BCUT2D eigenvalue weighted by atomic mass is 10.1. The molecule has 212 valence electrons. The molecule has 0 amide bonds. The molecule has 0 aliphatic heterocycles. The van der Waals surface area contributed by atoms with Crippen molar-refractivity contribution in [3.05, 3.63) is 77.4 Å². The number of fused-ring (bicyclic) bond motifs is 1. The quantitative estimate of drug-likeness (QED) is 0.105. The molecule has 0 radical (unpaired) electrons. The van der Waals surface area contributed by atoms with E-state index in [1.54, 1.807) is 67.1 Å². The van der Waals surface area contributed by atoms with Gasteiger partial charge in [-0.2, -0.15) is 4.98 Å². The van der Waals surface area contributed by atoms with E-state index in [0.29, 0.717) is 46.9 Å². The zero-order chi connectivity index (χ0) is 28.7. The second-order valence-electron chi connectivity index (χ2n) is 10.1. The smallest absolute Gasteiger partial charge is 0.278 e. The van der Waals surface area contributed by atoms with Crippen molar-refractivity contribution in [1.29, 1.82) is 0 Å². The van der Waals surface area contributed by atoms with Crippen LogP contribution >= 0.6 is 0 Å². The summed E-state index contributed by atoms with van der Waals surface area (Å²) in [5, 5.41) is 24.1. The molecular formula is C29H37N7O4. The highest BCUT2D eigenvalue weighted by Gasteiger charge is 2.21. The third kappa shape index (κ3) is 6.92. The maximum Gasteiger partial charge on any atom is 0.278 e. The number of aromatic nitrogens is 5. The van der Waals surface area contributed by atoms with Crippen molar-refractivity contribution in [2.75, 3.05) is 11.9 Å². The zero-order valence-corrected chi connectivity index (χ0v) is 23.0. The van der Waals surface area contributed by atoms with Crippen molar-refractivity contribution in [2.24, 2.45) is 5.73 Å². The molecular weight excluding hydrogens is 510 g/mol. The molecule has 0 saturated heterocycles. The summed E-state index contributed by atoms with van der Waals surface area (Å²) in [4.78, 5) is 26.7. The molecule has 0 aliphatic rings. The van der Waals surface area contributed by atoms with Crippen LogP contribution in [-0.2, 0) is 12.1 Å². The molecule has 3 aromatic heterocycles. The van der Waals surface area contributed by atoms with E-state index >= 15 is 0 Å². The molecule has 40 heavy (non-hydrogen) atoms. The first kappa shape index (κ1) is 28.9. The van der Waals surface area contributed by atoms with E-state index in [1.165, 1.54) is 10.9 Å². The van der Waals surface area contributed by atoms with Crippen molar-refractivity contribution in [3.8, 4) is 11.6 Å². The van der Waals surface area contributed by atoms with Crippen molar-refractivity contribution in [2.45, 2.75) is 64.4 Å². The number of hydrogen-bond acceptors (Lipinski definition) is 9. The Labute approximate surface area is 233 Å². The van der Waals surface area contributed by atoms with Crippen molar-refractivity contribution in [3.63, 3.8) is 0 Å². The summed E-state index contributed by atoms with van der Waals surface area (Å²) >= 11 is 0. The van der Waals surface area contributed by atoms with E-state index in [2.05, 4.69) is 26.8 Å². The first-order valence-corrected chi connectivity index (χ1v) is 13.4. The molecule has 0 aliphatic carbocycles. The topological polar surface area (TPSA) is 153 Å². The Morgan fingerprint density at radius 1 is 1.12 bits per heavy atom. The standard InChI is InChI=1S/C29H37N7O4/c1-4-18-35-27(38)22-19-31-28(34-26(22)36(35)24-11-9-10-23(33-24)29(2,3)39)32-20-13-15-21(16-14-20)40-25(37)12-7-5-6-8-17-30/h4,9-11,13-16,19,25,37,39H,1,5-8,12,17-18,30H2,2-3H3,(H,31,32,34). The molecule has 0 fully saturated rings. The number of nitrogens with zero attached hydrogens (tertiary/aromatic N) is 5. The minimum atomic E-state index is -1.17. The Balaban J connectivity index is 1.56. The maximum atomic E-state index is 13.2. The van der Waals surface area contributed by atoms with Gasteiger partial charge in [0.15, 0.2) is 17.8 Å². The van der Waals surface area contributed by atoms with Gasteiger partial charge in [-0.25, -0.2) is 19.3 Å². The first-order chi connectivity index (χ1) is 19.2. The van der Waals surface area contributed by atoms with Crippen LogP contribution in [0.25, 0.3) is 16.9 Å². The lowest BCUT2D eigenvalue weighted by Crippen LogP contribution is -2.23. The van der Waals surface area contributed by atoms with E-state index in [-0.39, 0.29) is 18.1 Å². The van der Waals surface area contributed by atoms with Crippen LogP contribution in [0.2, 0.25) is 0 Å². The van der Waals surface area contributed by atoms with Gasteiger partial charge in [-0.1, -0.05) is 25.0 Å². The summed E-state index contributed by atoms with van der Waals surface area (Å²) < 4.78 is 8.70. The van der Waals surface area contributed by atoms with Gasteiger partial charge in [0.05, 0.1) is 12.2 Å². The van der Waals surface area contributed by atoms with Gasteiger partial charge in [0.25, 0.3) is 5.56 Å². The minimum absolute atomic E-state index is 0.230. The van der Waals surface area contributed by atoms with Gasteiger partial charge in [0.2, 0.25) is 5.95 Å². The van der Waals surface area contributed by atoms with Gasteiger partial charge in [-0.05, 0) is 69.6 Å². The second kappa shape index (κ2) is 12.9. The van der Waals surface area contributed by atoms with Crippen LogP contribution in [0.3, 0.4) is 0 Å². The van der Waals surface area contributed by atoms with Gasteiger partial charge in [-0.15, -0.1) is 6.58 Å². The fourth-order valence-corrected chi connectivity index (χ4v) is 4.27. The average molecular weight is 548 g/mol. The number of pyridine rings is 1. The Morgan fingerprint density at radius 3 is 2.58 bits per heavy atom. The van der Waals surface area contributed by atoms with Gasteiger partial charge >= 0.3 is 0 Å². The third-order valence-corrected chi connectivity index (χ3v) is 6.34. The number of ether oxygens (including phenoxy) is 1. The number of aliphatic hydroxyl groups excluding tert-OH is 1. The number of nitrogens with two attached hydrogens (primary N) is 1. The number of allylic oxidation sites excluding steroid dienone is 1. The SMILES string of the molecule is C=CCn1c(=O)c2cnc(Nc3ccc(OC(O)CCCCCCN)cc3)nc2n1-c1cccc(C(C)(C)O)n1. The predicted molar refractivity (Wildman–Crippen MR) is 155 cm³/mol. The fourth-order valence-electron chi connectivity index (χ4n) is 4.27. The fraction of sp³-hybridized carbons (Fsp3) is 0.379. The highest BCUT2D eigenvalue weighted by atomic mass is 16.6. The van der Waals surface area contributed by atoms with Crippen LogP contribution in [-0.4, -0.2) is 47.4 Å². The number of benzene rings is 1. The van der Waals surface area contributed by atoms with Crippen LogP contribution in [0.5, 0.6) is 5.75 Å². The summed E-state index contributed by atoms with van der Waals surface area (Å²) in [5.41, 5.74) is 5.58.